The zero-order valence-electron chi connectivity index (χ0n) is 16.8. The standard InChI is InChI=1S/C23H20O7/c1-27-18-9-12(10-19(28-2)22(18)29-3)8-13-4-6-15-20(24)16-11-14(23(25)26)5-7-17(16)30-21(13)15/h5,7-11H,4,6H2,1-3H3,(H,25,26)/b13-8+. The van der Waals surface area contributed by atoms with Crippen molar-refractivity contribution in [1.29, 1.82) is 0 Å². The smallest absolute Gasteiger partial charge is 0.335 e. The Morgan fingerprint density at radius 2 is 1.73 bits per heavy atom. The maximum Gasteiger partial charge on any atom is 0.335 e. The fraction of sp³-hybridized carbons (Fsp3) is 0.217. The lowest BCUT2D eigenvalue weighted by Gasteiger charge is -2.13. The van der Waals surface area contributed by atoms with Crippen molar-refractivity contribution in [3.05, 3.63) is 63.0 Å². The molecular formula is C23H20O7. The lowest BCUT2D eigenvalue weighted by Crippen LogP contribution is -2.09. The van der Waals surface area contributed by atoms with Gasteiger partial charge in [0.25, 0.3) is 0 Å². The molecule has 0 radical (unpaired) electrons. The molecule has 0 atom stereocenters. The van der Waals surface area contributed by atoms with Gasteiger partial charge in [0.1, 0.15) is 11.3 Å². The fourth-order valence-corrected chi connectivity index (χ4v) is 3.75. The van der Waals surface area contributed by atoms with Crippen LogP contribution in [0.3, 0.4) is 0 Å². The molecule has 0 bridgehead atoms. The van der Waals surface area contributed by atoms with Crippen LogP contribution in [-0.4, -0.2) is 32.4 Å². The van der Waals surface area contributed by atoms with Crippen molar-refractivity contribution in [2.45, 2.75) is 12.8 Å². The minimum Gasteiger partial charge on any atom is -0.493 e. The maximum absolute atomic E-state index is 12.9. The van der Waals surface area contributed by atoms with E-state index in [4.69, 9.17) is 18.6 Å². The summed E-state index contributed by atoms with van der Waals surface area (Å²) >= 11 is 0. The van der Waals surface area contributed by atoms with Gasteiger partial charge in [-0.15, -0.1) is 0 Å². The SMILES string of the molecule is COc1cc(/C=C2\CCc3c2oc2ccc(C(=O)O)cc2c3=O)cc(OC)c1OC. The third-order valence-electron chi connectivity index (χ3n) is 5.20. The summed E-state index contributed by atoms with van der Waals surface area (Å²) < 4.78 is 22.2. The van der Waals surface area contributed by atoms with Gasteiger partial charge in [0.2, 0.25) is 5.75 Å². The van der Waals surface area contributed by atoms with E-state index in [1.807, 2.05) is 18.2 Å². The summed E-state index contributed by atoms with van der Waals surface area (Å²) in [5.41, 5.74) is 2.48. The molecule has 0 fully saturated rings. The number of hydrogen-bond donors (Lipinski definition) is 1. The van der Waals surface area contributed by atoms with Crippen LogP contribution in [-0.2, 0) is 6.42 Å². The van der Waals surface area contributed by atoms with E-state index in [1.165, 1.54) is 18.2 Å². The molecule has 154 valence electrons. The molecule has 0 saturated heterocycles. The number of carbonyl (C=O) groups is 1. The Balaban J connectivity index is 1.84. The minimum absolute atomic E-state index is 0.0564. The maximum atomic E-state index is 12.9. The van der Waals surface area contributed by atoms with E-state index in [2.05, 4.69) is 0 Å². The molecule has 0 spiro atoms. The zero-order chi connectivity index (χ0) is 21.4. The van der Waals surface area contributed by atoms with Crippen LogP contribution < -0.4 is 19.6 Å². The predicted octanol–water partition coefficient (Wildman–Crippen LogP) is 4.00. The first-order valence-corrected chi connectivity index (χ1v) is 9.30. The van der Waals surface area contributed by atoms with E-state index in [1.54, 1.807) is 21.3 Å². The van der Waals surface area contributed by atoms with Crippen LogP contribution in [0.15, 0.2) is 39.5 Å². The number of carboxylic acids is 1. The molecule has 30 heavy (non-hydrogen) atoms. The van der Waals surface area contributed by atoms with Crippen LogP contribution in [0.5, 0.6) is 17.2 Å². The van der Waals surface area contributed by atoms with Crippen LogP contribution in [0.2, 0.25) is 0 Å². The Hall–Kier alpha value is -3.74. The molecular weight excluding hydrogens is 388 g/mol. The minimum atomic E-state index is -1.08. The van der Waals surface area contributed by atoms with Gasteiger partial charge in [-0.3, -0.25) is 4.79 Å². The van der Waals surface area contributed by atoms with Crippen LogP contribution >= 0.6 is 0 Å². The Kier molecular flexibility index (Phi) is 4.95. The average molecular weight is 408 g/mol. The van der Waals surface area contributed by atoms with Gasteiger partial charge in [0, 0.05) is 5.56 Å². The number of aromatic carboxylic acids is 1. The Bertz CT molecular complexity index is 1230. The molecule has 1 aromatic heterocycles. The van der Waals surface area contributed by atoms with Crippen molar-refractivity contribution < 1.29 is 28.5 Å². The van der Waals surface area contributed by atoms with Gasteiger partial charge in [0.05, 0.1) is 32.3 Å². The molecule has 1 heterocycles. The summed E-state index contributed by atoms with van der Waals surface area (Å²) in [7, 11) is 4.65. The molecule has 7 nitrogen and oxygen atoms in total. The number of allylic oxidation sites excluding steroid dienone is 1. The van der Waals surface area contributed by atoms with Gasteiger partial charge in [-0.1, -0.05) is 0 Å². The van der Waals surface area contributed by atoms with E-state index in [0.717, 1.165) is 11.1 Å². The summed E-state index contributed by atoms with van der Waals surface area (Å²) in [6, 6.07) is 7.97. The highest BCUT2D eigenvalue weighted by Crippen LogP contribution is 2.40. The first-order valence-electron chi connectivity index (χ1n) is 9.30. The van der Waals surface area contributed by atoms with E-state index in [0.29, 0.717) is 47.0 Å². The molecule has 0 unspecified atom stereocenters. The largest absolute Gasteiger partial charge is 0.493 e. The van der Waals surface area contributed by atoms with Gasteiger partial charge in [0.15, 0.2) is 16.9 Å². The van der Waals surface area contributed by atoms with Crippen molar-refractivity contribution in [1.82, 2.24) is 0 Å². The summed E-state index contributed by atoms with van der Waals surface area (Å²) in [6.45, 7) is 0. The second-order valence-corrected chi connectivity index (χ2v) is 6.88. The van der Waals surface area contributed by atoms with Gasteiger partial charge in [-0.05, 0) is 60.4 Å². The van der Waals surface area contributed by atoms with Gasteiger partial charge < -0.3 is 23.7 Å². The monoisotopic (exact) mass is 408 g/mol. The molecule has 3 aromatic rings. The molecule has 1 N–H and O–H groups in total. The second kappa shape index (κ2) is 7.59. The zero-order valence-corrected chi connectivity index (χ0v) is 16.8. The lowest BCUT2D eigenvalue weighted by atomic mass is 10.1. The molecule has 0 aliphatic heterocycles. The van der Waals surface area contributed by atoms with Crippen LogP contribution in [0.4, 0.5) is 0 Å². The number of rotatable bonds is 5. The van der Waals surface area contributed by atoms with Gasteiger partial charge in [-0.2, -0.15) is 0 Å². The van der Waals surface area contributed by atoms with Crippen LogP contribution in [0, 0.1) is 0 Å². The van der Waals surface area contributed by atoms with E-state index < -0.39 is 5.97 Å². The second-order valence-electron chi connectivity index (χ2n) is 6.88. The van der Waals surface area contributed by atoms with Crippen molar-refractivity contribution in [3.63, 3.8) is 0 Å². The van der Waals surface area contributed by atoms with E-state index in [9.17, 15) is 14.7 Å². The highest BCUT2D eigenvalue weighted by molar-refractivity contribution is 5.94. The number of carboxylic acid groups (broad SMARTS) is 1. The number of fused-ring (bicyclic) bond motifs is 2. The Morgan fingerprint density at radius 1 is 1.03 bits per heavy atom. The highest BCUT2D eigenvalue weighted by atomic mass is 16.5. The van der Waals surface area contributed by atoms with E-state index in [-0.39, 0.29) is 16.4 Å². The number of benzene rings is 2. The Labute approximate surface area is 172 Å². The van der Waals surface area contributed by atoms with Crippen LogP contribution in [0.25, 0.3) is 22.6 Å². The van der Waals surface area contributed by atoms with Crippen molar-refractivity contribution in [3.8, 4) is 17.2 Å². The summed E-state index contributed by atoms with van der Waals surface area (Å²) in [5, 5.41) is 9.47. The topological polar surface area (TPSA) is 95.2 Å². The molecule has 1 aliphatic rings. The highest BCUT2D eigenvalue weighted by Gasteiger charge is 2.25. The number of ether oxygens (including phenoxy) is 3. The Morgan fingerprint density at radius 3 is 2.33 bits per heavy atom. The first-order chi connectivity index (χ1) is 14.5. The molecule has 4 rings (SSSR count). The third-order valence-corrected chi connectivity index (χ3v) is 5.20. The summed E-state index contributed by atoms with van der Waals surface area (Å²) in [6.07, 6.45) is 3.09. The first kappa shape index (κ1) is 19.6. The summed E-state index contributed by atoms with van der Waals surface area (Å²) in [5.74, 6) is 1.01. The number of hydrogen-bond acceptors (Lipinski definition) is 6. The van der Waals surface area contributed by atoms with Crippen molar-refractivity contribution >= 4 is 28.6 Å². The van der Waals surface area contributed by atoms with E-state index >= 15 is 0 Å². The molecule has 0 amide bonds. The molecule has 0 saturated carbocycles. The van der Waals surface area contributed by atoms with Gasteiger partial charge >= 0.3 is 5.97 Å². The van der Waals surface area contributed by atoms with Crippen molar-refractivity contribution in [2.24, 2.45) is 0 Å². The fourth-order valence-electron chi connectivity index (χ4n) is 3.75. The molecule has 2 aromatic carbocycles. The third kappa shape index (κ3) is 3.18. The average Bonchev–Trinajstić information content (AvgIpc) is 3.15. The normalized spacial score (nSPS) is 14.0. The molecule has 7 heteroatoms. The number of methoxy groups -OCH3 is 3. The predicted molar refractivity (Wildman–Crippen MR) is 112 cm³/mol. The molecule has 1 aliphatic carbocycles. The van der Waals surface area contributed by atoms with Crippen LogP contribution in [0.1, 0.15) is 33.7 Å². The van der Waals surface area contributed by atoms with Crippen molar-refractivity contribution in [2.75, 3.05) is 21.3 Å². The summed E-state index contributed by atoms with van der Waals surface area (Å²) in [4.78, 5) is 24.2. The van der Waals surface area contributed by atoms with Gasteiger partial charge in [-0.25, -0.2) is 4.79 Å². The quantitative estimate of drug-likeness (QED) is 0.682. The lowest BCUT2D eigenvalue weighted by molar-refractivity contribution is 0.0697.